The van der Waals surface area contributed by atoms with Crippen molar-refractivity contribution in [2.75, 3.05) is 20.1 Å². The van der Waals surface area contributed by atoms with Crippen LogP contribution < -0.4 is 5.73 Å². The van der Waals surface area contributed by atoms with Crippen molar-refractivity contribution >= 4 is 0 Å². The van der Waals surface area contributed by atoms with Gasteiger partial charge in [-0.2, -0.15) is 0 Å². The number of nitrogens with zero attached hydrogens (tertiary/aromatic N) is 1. The van der Waals surface area contributed by atoms with E-state index in [0.717, 1.165) is 13.1 Å². The highest BCUT2D eigenvalue weighted by Crippen LogP contribution is 2.39. The predicted octanol–water partition coefficient (Wildman–Crippen LogP) is 1.70. The second-order valence-corrected chi connectivity index (χ2v) is 4.92. The van der Waals surface area contributed by atoms with E-state index in [1.807, 2.05) is 7.05 Å². The van der Waals surface area contributed by atoms with Gasteiger partial charge in [0.2, 0.25) is 0 Å². The van der Waals surface area contributed by atoms with Crippen molar-refractivity contribution in [3.63, 3.8) is 0 Å². The zero-order valence-electron chi connectivity index (χ0n) is 9.19. The molecule has 0 saturated carbocycles. The molecule has 0 unspecified atom stereocenters. The molecule has 84 valence electrons. The number of halogens is 2. The molecule has 1 rings (SSSR count). The van der Waals surface area contributed by atoms with E-state index in [1.165, 1.54) is 13.8 Å². The van der Waals surface area contributed by atoms with Crippen LogP contribution in [0.2, 0.25) is 0 Å². The molecule has 1 saturated heterocycles. The van der Waals surface area contributed by atoms with Crippen LogP contribution in [0.3, 0.4) is 0 Å². The Labute approximate surface area is 84.4 Å². The van der Waals surface area contributed by atoms with Gasteiger partial charge >= 0.3 is 0 Å². The molecule has 0 aliphatic carbocycles. The van der Waals surface area contributed by atoms with E-state index in [9.17, 15) is 8.78 Å². The molecule has 4 heteroatoms. The van der Waals surface area contributed by atoms with E-state index >= 15 is 0 Å². The average Bonchev–Trinajstić information content (AvgIpc) is 2.03. The first-order valence-electron chi connectivity index (χ1n) is 5.10. The fourth-order valence-corrected chi connectivity index (χ4v) is 1.90. The van der Waals surface area contributed by atoms with Crippen molar-refractivity contribution in [2.24, 2.45) is 11.7 Å². The Balaban J connectivity index is 2.65. The summed E-state index contributed by atoms with van der Waals surface area (Å²) in [6.45, 7) is 4.31. The van der Waals surface area contributed by atoms with E-state index in [0.29, 0.717) is 12.8 Å². The summed E-state index contributed by atoms with van der Waals surface area (Å²) < 4.78 is 27.6. The minimum absolute atomic E-state index is 0.546. The molecule has 0 aromatic rings. The Morgan fingerprint density at radius 1 is 1.21 bits per heavy atom. The normalized spacial score (nSPS) is 22.7. The molecule has 14 heavy (non-hydrogen) atoms. The Morgan fingerprint density at radius 3 is 2.00 bits per heavy atom. The van der Waals surface area contributed by atoms with E-state index in [-0.39, 0.29) is 0 Å². The van der Waals surface area contributed by atoms with Gasteiger partial charge in [0.15, 0.2) is 0 Å². The number of likely N-dealkylation sites (tertiary alicyclic amines) is 1. The van der Waals surface area contributed by atoms with Gasteiger partial charge in [-0.25, -0.2) is 8.78 Å². The van der Waals surface area contributed by atoms with Gasteiger partial charge in [0.25, 0.3) is 5.92 Å². The number of hydrogen-bond donors (Lipinski definition) is 1. The highest BCUT2D eigenvalue weighted by atomic mass is 19.3. The molecule has 0 aromatic carbocycles. The molecule has 1 heterocycles. The van der Waals surface area contributed by atoms with Crippen LogP contribution >= 0.6 is 0 Å². The Bertz CT molecular complexity index is 191. The first-order chi connectivity index (χ1) is 6.25. The number of alkyl halides is 2. The van der Waals surface area contributed by atoms with Gasteiger partial charge < -0.3 is 10.6 Å². The zero-order valence-corrected chi connectivity index (χ0v) is 9.19. The van der Waals surface area contributed by atoms with Crippen LogP contribution in [0.5, 0.6) is 0 Å². The fraction of sp³-hybridized carbons (Fsp3) is 1.00. The maximum atomic E-state index is 13.8. The molecule has 2 N–H and O–H groups in total. The first-order valence-corrected chi connectivity index (χ1v) is 5.10. The highest BCUT2D eigenvalue weighted by Gasteiger charge is 2.50. The molecule has 0 amide bonds. The quantitative estimate of drug-likeness (QED) is 0.745. The molecular weight excluding hydrogens is 186 g/mol. The molecule has 2 nitrogen and oxygen atoms in total. The smallest absolute Gasteiger partial charge is 0.267 e. The number of nitrogens with two attached hydrogens (primary N) is 1. The number of piperidine rings is 1. The summed E-state index contributed by atoms with van der Waals surface area (Å²) in [5.41, 5.74) is 4.11. The van der Waals surface area contributed by atoms with Crippen molar-refractivity contribution in [1.82, 2.24) is 4.90 Å². The second kappa shape index (κ2) is 3.74. The Hall–Kier alpha value is -0.220. The van der Waals surface area contributed by atoms with Crippen LogP contribution in [0.1, 0.15) is 26.7 Å². The summed E-state index contributed by atoms with van der Waals surface area (Å²) in [6.07, 6.45) is 1.09. The maximum Gasteiger partial charge on any atom is 0.267 e. The molecule has 1 aliphatic heterocycles. The predicted molar refractivity (Wildman–Crippen MR) is 53.4 cm³/mol. The van der Waals surface area contributed by atoms with Crippen LogP contribution in [-0.4, -0.2) is 36.5 Å². The summed E-state index contributed by atoms with van der Waals surface area (Å²) in [4.78, 5) is 2.08. The van der Waals surface area contributed by atoms with Crippen molar-refractivity contribution < 1.29 is 8.78 Å². The molecular formula is C10H20F2N2. The van der Waals surface area contributed by atoms with Gasteiger partial charge in [0.05, 0.1) is 5.54 Å². The lowest BCUT2D eigenvalue weighted by atomic mass is 9.81. The van der Waals surface area contributed by atoms with E-state index in [4.69, 9.17) is 5.73 Å². The highest BCUT2D eigenvalue weighted by molar-refractivity contribution is 4.96. The van der Waals surface area contributed by atoms with Crippen molar-refractivity contribution in [3.05, 3.63) is 0 Å². The van der Waals surface area contributed by atoms with E-state index in [1.54, 1.807) is 0 Å². The van der Waals surface area contributed by atoms with Crippen LogP contribution in [-0.2, 0) is 0 Å². The lowest BCUT2D eigenvalue weighted by molar-refractivity contribution is -0.124. The second-order valence-electron chi connectivity index (χ2n) is 4.92. The van der Waals surface area contributed by atoms with Gasteiger partial charge in [-0.15, -0.1) is 0 Å². The standard InChI is InChI=1S/C10H20F2N2/c1-9(2,13)10(11,12)8-4-6-14(3)7-5-8/h8H,4-7,13H2,1-3H3. The Morgan fingerprint density at radius 2 is 1.64 bits per heavy atom. The van der Waals surface area contributed by atoms with E-state index in [2.05, 4.69) is 4.90 Å². The molecule has 0 radical (unpaired) electrons. The zero-order chi connectivity index (χ0) is 11.0. The van der Waals surface area contributed by atoms with Crippen LogP contribution in [0.25, 0.3) is 0 Å². The minimum atomic E-state index is -2.76. The van der Waals surface area contributed by atoms with Gasteiger partial charge in [0.1, 0.15) is 0 Å². The SMILES string of the molecule is CN1CCC(C(F)(F)C(C)(C)N)CC1. The van der Waals surface area contributed by atoms with Gasteiger partial charge in [-0.05, 0) is 46.8 Å². The molecule has 0 aromatic heterocycles. The number of hydrogen-bond acceptors (Lipinski definition) is 2. The van der Waals surface area contributed by atoms with Gasteiger partial charge in [0, 0.05) is 5.92 Å². The third-order valence-electron chi connectivity index (χ3n) is 3.09. The van der Waals surface area contributed by atoms with Crippen molar-refractivity contribution in [2.45, 2.75) is 38.2 Å². The molecule has 0 atom stereocenters. The van der Waals surface area contributed by atoms with Crippen LogP contribution in [0.4, 0.5) is 8.78 Å². The topological polar surface area (TPSA) is 29.3 Å². The Kier molecular flexibility index (Phi) is 3.17. The van der Waals surface area contributed by atoms with E-state index < -0.39 is 17.4 Å². The lowest BCUT2D eigenvalue weighted by Gasteiger charge is -2.40. The molecule has 0 spiro atoms. The summed E-state index contributed by atoms with van der Waals surface area (Å²) in [5, 5.41) is 0. The minimum Gasteiger partial charge on any atom is -0.321 e. The van der Waals surface area contributed by atoms with Gasteiger partial charge in [-0.3, -0.25) is 0 Å². The summed E-state index contributed by atoms with van der Waals surface area (Å²) in [5.74, 6) is -3.31. The lowest BCUT2D eigenvalue weighted by Crippen LogP contribution is -2.56. The van der Waals surface area contributed by atoms with Gasteiger partial charge in [-0.1, -0.05) is 0 Å². The van der Waals surface area contributed by atoms with Crippen molar-refractivity contribution in [1.29, 1.82) is 0 Å². The van der Waals surface area contributed by atoms with Crippen molar-refractivity contribution in [3.8, 4) is 0 Å². The molecule has 1 aliphatic rings. The largest absolute Gasteiger partial charge is 0.321 e. The molecule has 0 bridgehead atoms. The summed E-state index contributed by atoms with van der Waals surface area (Å²) >= 11 is 0. The third-order valence-corrected chi connectivity index (χ3v) is 3.09. The number of rotatable bonds is 2. The van der Waals surface area contributed by atoms with Crippen LogP contribution in [0.15, 0.2) is 0 Å². The summed E-state index contributed by atoms with van der Waals surface area (Å²) in [7, 11) is 1.96. The third kappa shape index (κ3) is 2.23. The maximum absolute atomic E-state index is 13.8. The fourth-order valence-electron chi connectivity index (χ4n) is 1.90. The summed E-state index contributed by atoms with van der Waals surface area (Å²) in [6, 6.07) is 0. The molecule has 1 fully saturated rings. The van der Waals surface area contributed by atoms with Crippen LogP contribution in [0, 0.1) is 5.92 Å². The monoisotopic (exact) mass is 206 g/mol. The average molecular weight is 206 g/mol. The first kappa shape index (κ1) is 11.9.